The number of carbonyl (C=O) groups excluding carboxylic acids is 4. The number of halogens is 2. The van der Waals surface area contributed by atoms with Crippen molar-refractivity contribution in [2.75, 3.05) is 23.4 Å². The van der Waals surface area contributed by atoms with Gasteiger partial charge >= 0.3 is 6.03 Å². The molecular formula is C28H23Cl2N3O6. The van der Waals surface area contributed by atoms with E-state index in [0.29, 0.717) is 28.6 Å². The molecule has 0 saturated carbocycles. The van der Waals surface area contributed by atoms with Crippen molar-refractivity contribution in [2.24, 2.45) is 0 Å². The Hall–Kier alpha value is -4.34. The van der Waals surface area contributed by atoms with E-state index in [-0.39, 0.29) is 28.6 Å². The molecule has 1 saturated heterocycles. The van der Waals surface area contributed by atoms with E-state index in [2.05, 4.69) is 10.6 Å². The molecule has 4 rings (SSSR count). The SMILES string of the molecule is CCOc1ccc(N2C(=O)NC(=O)/C(=C\c3ccc(OCC(=O)Nc4ccc(C)c(Cl)c4)c(Cl)c3)C2=O)cc1. The molecule has 200 valence electrons. The summed E-state index contributed by atoms with van der Waals surface area (Å²) in [7, 11) is 0. The van der Waals surface area contributed by atoms with Crippen LogP contribution < -0.4 is 25.0 Å². The highest BCUT2D eigenvalue weighted by atomic mass is 35.5. The smallest absolute Gasteiger partial charge is 0.335 e. The van der Waals surface area contributed by atoms with E-state index in [9.17, 15) is 19.2 Å². The fourth-order valence-corrected chi connectivity index (χ4v) is 4.08. The minimum absolute atomic E-state index is 0.152. The average molecular weight is 568 g/mol. The van der Waals surface area contributed by atoms with Crippen LogP contribution in [0.1, 0.15) is 18.1 Å². The van der Waals surface area contributed by atoms with E-state index < -0.39 is 23.8 Å². The van der Waals surface area contributed by atoms with Gasteiger partial charge in [0.1, 0.15) is 17.1 Å². The number of nitrogens with zero attached hydrogens (tertiary/aromatic N) is 1. The lowest BCUT2D eigenvalue weighted by Crippen LogP contribution is -2.54. The average Bonchev–Trinajstić information content (AvgIpc) is 2.89. The molecule has 9 nitrogen and oxygen atoms in total. The van der Waals surface area contributed by atoms with Crippen LogP contribution in [0.25, 0.3) is 6.08 Å². The molecule has 5 amide bonds. The van der Waals surface area contributed by atoms with Crippen LogP contribution in [0, 0.1) is 6.92 Å². The van der Waals surface area contributed by atoms with Gasteiger partial charge in [-0.25, -0.2) is 9.69 Å². The number of amides is 5. The van der Waals surface area contributed by atoms with Crippen molar-refractivity contribution >= 4 is 64.4 Å². The summed E-state index contributed by atoms with van der Waals surface area (Å²) in [4.78, 5) is 51.2. The molecule has 0 unspecified atom stereocenters. The number of benzene rings is 3. The topological polar surface area (TPSA) is 114 Å². The number of urea groups is 1. The van der Waals surface area contributed by atoms with Gasteiger partial charge in [0, 0.05) is 10.7 Å². The zero-order chi connectivity index (χ0) is 28.1. The van der Waals surface area contributed by atoms with Gasteiger partial charge in [-0.05, 0) is 79.6 Å². The number of ether oxygens (including phenoxy) is 2. The summed E-state index contributed by atoms with van der Waals surface area (Å²) >= 11 is 12.4. The van der Waals surface area contributed by atoms with Crippen molar-refractivity contribution in [2.45, 2.75) is 13.8 Å². The normalized spacial score (nSPS) is 14.3. The number of rotatable bonds is 8. The third-order valence-corrected chi connectivity index (χ3v) is 6.29. The highest BCUT2D eigenvalue weighted by molar-refractivity contribution is 6.39. The number of anilines is 2. The lowest BCUT2D eigenvalue weighted by molar-refractivity contribution is -0.122. The van der Waals surface area contributed by atoms with Crippen molar-refractivity contribution in [3.8, 4) is 11.5 Å². The second-order valence-electron chi connectivity index (χ2n) is 8.38. The van der Waals surface area contributed by atoms with E-state index in [1.54, 1.807) is 48.5 Å². The minimum Gasteiger partial charge on any atom is -0.494 e. The number of hydrogen-bond donors (Lipinski definition) is 2. The van der Waals surface area contributed by atoms with Gasteiger partial charge in [-0.15, -0.1) is 0 Å². The fourth-order valence-electron chi connectivity index (χ4n) is 3.65. The maximum Gasteiger partial charge on any atom is 0.335 e. The molecule has 0 aliphatic carbocycles. The fraction of sp³-hybridized carbons (Fsp3) is 0.143. The zero-order valence-electron chi connectivity index (χ0n) is 20.9. The van der Waals surface area contributed by atoms with Crippen molar-refractivity contribution in [1.29, 1.82) is 0 Å². The van der Waals surface area contributed by atoms with Gasteiger partial charge in [-0.2, -0.15) is 0 Å². The summed E-state index contributed by atoms with van der Waals surface area (Å²) in [6.45, 7) is 3.84. The lowest BCUT2D eigenvalue weighted by atomic mass is 10.1. The molecular weight excluding hydrogens is 545 g/mol. The minimum atomic E-state index is -0.862. The Morgan fingerprint density at radius 3 is 2.38 bits per heavy atom. The summed E-state index contributed by atoms with van der Waals surface area (Å²) < 4.78 is 10.9. The highest BCUT2D eigenvalue weighted by Gasteiger charge is 2.36. The van der Waals surface area contributed by atoms with Gasteiger partial charge in [0.25, 0.3) is 17.7 Å². The first kappa shape index (κ1) is 27.7. The molecule has 1 aliphatic heterocycles. The number of imide groups is 2. The summed E-state index contributed by atoms with van der Waals surface area (Å²) in [6.07, 6.45) is 1.31. The molecule has 0 atom stereocenters. The molecule has 3 aromatic rings. The van der Waals surface area contributed by atoms with Crippen LogP contribution in [0.2, 0.25) is 10.0 Å². The van der Waals surface area contributed by atoms with Gasteiger partial charge < -0.3 is 14.8 Å². The molecule has 0 radical (unpaired) electrons. The molecule has 0 aromatic heterocycles. The monoisotopic (exact) mass is 567 g/mol. The largest absolute Gasteiger partial charge is 0.494 e. The van der Waals surface area contributed by atoms with Crippen LogP contribution in [-0.4, -0.2) is 37.0 Å². The Morgan fingerprint density at radius 2 is 1.72 bits per heavy atom. The summed E-state index contributed by atoms with van der Waals surface area (Å²) in [6, 6.07) is 15.1. The Balaban J connectivity index is 1.46. The van der Waals surface area contributed by atoms with Crippen molar-refractivity contribution in [3.05, 3.63) is 87.4 Å². The second kappa shape index (κ2) is 12.0. The third kappa shape index (κ3) is 6.57. The molecule has 39 heavy (non-hydrogen) atoms. The van der Waals surface area contributed by atoms with Crippen LogP contribution >= 0.6 is 23.2 Å². The van der Waals surface area contributed by atoms with E-state index in [1.807, 2.05) is 13.8 Å². The molecule has 3 aromatic carbocycles. The van der Waals surface area contributed by atoms with E-state index >= 15 is 0 Å². The Labute approximate surface area is 234 Å². The number of hydrogen-bond acceptors (Lipinski definition) is 6. The van der Waals surface area contributed by atoms with Crippen LogP contribution in [-0.2, 0) is 14.4 Å². The van der Waals surface area contributed by atoms with Crippen LogP contribution in [0.5, 0.6) is 11.5 Å². The van der Waals surface area contributed by atoms with E-state index in [4.69, 9.17) is 32.7 Å². The van der Waals surface area contributed by atoms with Crippen molar-refractivity contribution in [3.63, 3.8) is 0 Å². The number of barbiturate groups is 1. The molecule has 2 N–H and O–H groups in total. The summed E-state index contributed by atoms with van der Waals surface area (Å²) in [5.74, 6) is -1.25. The maximum absolute atomic E-state index is 13.1. The Morgan fingerprint density at radius 1 is 0.974 bits per heavy atom. The third-order valence-electron chi connectivity index (χ3n) is 5.59. The number of nitrogens with one attached hydrogen (secondary N) is 2. The Bertz CT molecular complexity index is 1490. The zero-order valence-corrected chi connectivity index (χ0v) is 22.4. The first-order chi connectivity index (χ1) is 18.7. The maximum atomic E-state index is 13.1. The van der Waals surface area contributed by atoms with E-state index in [1.165, 1.54) is 18.2 Å². The quantitative estimate of drug-likeness (QED) is 0.279. The number of aryl methyl sites for hydroxylation is 1. The molecule has 1 heterocycles. The molecule has 1 fully saturated rings. The summed E-state index contributed by atoms with van der Waals surface area (Å²) in [5.41, 5.74) is 1.83. The first-order valence-corrected chi connectivity index (χ1v) is 12.5. The van der Waals surface area contributed by atoms with Gasteiger partial charge in [0.15, 0.2) is 6.61 Å². The molecule has 0 bridgehead atoms. The summed E-state index contributed by atoms with van der Waals surface area (Å²) in [5, 5.41) is 5.53. The first-order valence-electron chi connectivity index (χ1n) is 11.8. The van der Waals surface area contributed by atoms with E-state index in [0.717, 1.165) is 10.5 Å². The molecule has 1 aliphatic rings. The van der Waals surface area contributed by atoms with Gasteiger partial charge in [0.2, 0.25) is 0 Å². The van der Waals surface area contributed by atoms with Gasteiger partial charge in [-0.3, -0.25) is 19.7 Å². The predicted molar refractivity (Wildman–Crippen MR) is 148 cm³/mol. The second-order valence-corrected chi connectivity index (χ2v) is 9.19. The van der Waals surface area contributed by atoms with Gasteiger partial charge in [-0.1, -0.05) is 35.3 Å². The lowest BCUT2D eigenvalue weighted by Gasteiger charge is -2.26. The van der Waals surface area contributed by atoms with Crippen LogP contribution in [0.3, 0.4) is 0 Å². The highest BCUT2D eigenvalue weighted by Crippen LogP contribution is 2.28. The van der Waals surface area contributed by atoms with Crippen LogP contribution in [0.15, 0.2) is 66.2 Å². The van der Waals surface area contributed by atoms with Crippen molar-refractivity contribution < 1.29 is 28.7 Å². The molecule has 11 heteroatoms. The Kier molecular flexibility index (Phi) is 8.53. The standard InChI is InChI=1S/C28H23Cl2N3O6/c1-3-38-20-9-7-19(8-10-20)33-27(36)21(26(35)32-28(33)37)12-17-5-11-24(23(30)13-17)39-15-25(34)31-18-6-4-16(2)22(29)14-18/h4-14H,3,15H2,1-2H3,(H,31,34)(H,32,35,37)/b21-12+. The molecule has 0 spiro atoms. The predicted octanol–water partition coefficient (Wildman–Crippen LogP) is 5.38. The number of carbonyl (C=O) groups is 4. The van der Waals surface area contributed by atoms with Gasteiger partial charge in [0.05, 0.1) is 17.3 Å². The van der Waals surface area contributed by atoms with Crippen molar-refractivity contribution in [1.82, 2.24) is 5.32 Å². The van der Waals surface area contributed by atoms with Crippen LogP contribution in [0.4, 0.5) is 16.2 Å².